The first-order chi connectivity index (χ1) is 19.0. The average Bonchev–Trinajstić information content (AvgIpc) is 3.26. The summed E-state index contributed by atoms with van der Waals surface area (Å²) in [6.07, 6.45) is 4.06. The van der Waals surface area contributed by atoms with Crippen molar-refractivity contribution in [3.63, 3.8) is 0 Å². The van der Waals surface area contributed by atoms with E-state index in [1.165, 1.54) is 0 Å². The van der Waals surface area contributed by atoms with Crippen molar-refractivity contribution in [2.24, 2.45) is 5.73 Å². The number of carboxylic acids is 1. The lowest BCUT2D eigenvalue weighted by atomic mass is 9.99. The molecule has 0 radical (unpaired) electrons. The van der Waals surface area contributed by atoms with Crippen molar-refractivity contribution < 1.29 is 19.4 Å². The second kappa shape index (κ2) is 11.4. The standard InChI is InChI=1S/C33H32N2O4/c1-2-3-5-11-22-18-28-32(29(19-22)39-21-30(36)37)31-26(33(34)38)16-10-17-27(31)35(28)20-24-14-8-9-15-25(24)23-12-6-4-7-13-23/h4,6-10,12-19H,2-3,5,11,20-21H2,1H3,(H2,34,38)(H,36,37). The summed E-state index contributed by atoms with van der Waals surface area (Å²) in [4.78, 5) is 24.0. The van der Waals surface area contributed by atoms with Gasteiger partial charge in [-0.3, -0.25) is 4.79 Å². The Morgan fingerprint density at radius 1 is 0.872 bits per heavy atom. The van der Waals surface area contributed by atoms with Crippen LogP contribution in [-0.2, 0) is 17.8 Å². The van der Waals surface area contributed by atoms with Gasteiger partial charge in [0.05, 0.1) is 16.4 Å². The molecule has 4 aromatic carbocycles. The number of aromatic nitrogens is 1. The van der Waals surface area contributed by atoms with E-state index < -0.39 is 18.5 Å². The van der Waals surface area contributed by atoms with E-state index in [9.17, 15) is 14.7 Å². The van der Waals surface area contributed by atoms with Crippen LogP contribution in [0.5, 0.6) is 5.75 Å². The van der Waals surface area contributed by atoms with Crippen molar-refractivity contribution >= 4 is 33.7 Å². The largest absolute Gasteiger partial charge is 0.481 e. The van der Waals surface area contributed by atoms with Crippen molar-refractivity contribution in [3.8, 4) is 16.9 Å². The van der Waals surface area contributed by atoms with Gasteiger partial charge in [-0.1, -0.05) is 80.4 Å². The second-order valence-corrected chi connectivity index (χ2v) is 9.80. The van der Waals surface area contributed by atoms with E-state index in [0.29, 0.717) is 28.6 Å². The van der Waals surface area contributed by atoms with Gasteiger partial charge >= 0.3 is 5.97 Å². The number of aryl methyl sites for hydroxylation is 1. The van der Waals surface area contributed by atoms with Crippen LogP contribution < -0.4 is 10.5 Å². The van der Waals surface area contributed by atoms with Crippen LogP contribution in [0.25, 0.3) is 32.9 Å². The highest BCUT2D eigenvalue weighted by molar-refractivity contribution is 6.20. The van der Waals surface area contributed by atoms with Crippen LogP contribution in [0.2, 0.25) is 0 Å². The monoisotopic (exact) mass is 520 g/mol. The van der Waals surface area contributed by atoms with Crippen molar-refractivity contribution in [3.05, 3.63) is 102 Å². The van der Waals surface area contributed by atoms with E-state index in [1.54, 1.807) is 6.07 Å². The fourth-order valence-corrected chi connectivity index (χ4v) is 5.36. The zero-order valence-corrected chi connectivity index (χ0v) is 22.0. The van der Waals surface area contributed by atoms with E-state index >= 15 is 0 Å². The molecule has 1 aromatic heterocycles. The van der Waals surface area contributed by atoms with Crippen molar-refractivity contribution in [1.29, 1.82) is 0 Å². The second-order valence-electron chi connectivity index (χ2n) is 9.80. The van der Waals surface area contributed by atoms with Crippen LogP contribution in [0.3, 0.4) is 0 Å². The molecule has 1 heterocycles. The molecule has 6 nitrogen and oxygen atoms in total. The molecule has 0 saturated carbocycles. The van der Waals surface area contributed by atoms with Crippen LogP contribution in [0.1, 0.15) is 47.7 Å². The average molecular weight is 521 g/mol. The number of unbranched alkanes of at least 4 members (excludes halogenated alkanes) is 2. The van der Waals surface area contributed by atoms with Gasteiger partial charge in [-0.2, -0.15) is 0 Å². The summed E-state index contributed by atoms with van der Waals surface area (Å²) < 4.78 is 8.05. The summed E-state index contributed by atoms with van der Waals surface area (Å²) in [6.45, 7) is 2.23. The Labute approximate surface area is 227 Å². The number of carbonyl (C=O) groups is 2. The molecule has 5 rings (SSSR count). The quantitative estimate of drug-likeness (QED) is 0.187. The molecule has 5 aromatic rings. The number of nitrogens with zero attached hydrogens (tertiary/aromatic N) is 1. The fraction of sp³-hybridized carbons (Fsp3) is 0.212. The highest BCUT2D eigenvalue weighted by atomic mass is 16.5. The third-order valence-electron chi connectivity index (χ3n) is 7.13. The lowest BCUT2D eigenvalue weighted by Gasteiger charge is -2.14. The van der Waals surface area contributed by atoms with Crippen LogP contribution in [0.15, 0.2) is 84.9 Å². The third kappa shape index (κ3) is 5.36. The predicted molar refractivity (Wildman–Crippen MR) is 155 cm³/mol. The van der Waals surface area contributed by atoms with Crippen molar-refractivity contribution in [2.45, 2.75) is 39.2 Å². The Morgan fingerprint density at radius 2 is 1.64 bits per heavy atom. The molecular formula is C33H32N2O4. The summed E-state index contributed by atoms with van der Waals surface area (Å²) in [6, 6.07) is 28.1. The van der Waals surface area contributed by atoms with Gasteiger partial charge in [-0.25, -0.2) is 4.79 Å². The van der Waals surface area contributed by atoms with Crippen LogP contribution in [-0.4, -0.2) is 28.2 Å². The minimum atomic E-state index is -1.06. The number of hydrogen-bond donors (Lipinski definition) is 2. The number of rotatable bonds is 11. The van der Waals surface area contributed by atoms with Gasteiger partial charge in [0.2, 0.25) is 5.91 Å². The van der Waals surface area contributed by atoms with Crippen LogP contribution >= 0.6 is 0 Å². The van der Waals surface area contributed by atoms with E-state index in [2.05, 4.69) is 41.8 Å². The molecule has 3 N–H and O–H groups in total. The molecule has 0 saturated heterocycles. The summed E-state index contributed by atoms with van der Waals surface area (Å²) in [5, 5.41) is 10.8. The van der Waals surface area contributed by atoms with Gasteiger partial charge in [0.1, 0.15) is 5.75 Å². The number of primary amides is 1. The smallest absolute Gasteiger partial charge is 0.341 e. The maximum atomic E-state index is 12.6. The van der Waals surface area contributed by atoms with Crippen molar-refractivity contribution in [2.75, 3.05) is 6.61 Å². The van der Waals surface area contributed by atoms with Gasteiger partial charge < -0.3 is 20.1 Å². The Morgan fingerprint density at radius 3 is 2.38 bits per heavy atom. The lowest BCUT2D eigenvalue weighted by molar-refractivity contribution is -0.139. The first kappa shape index (κ1) is 26.0. The number of carbonyl (C=O) groups excluding carboxylic acids is 1. The molecule has 0 aliphatic heterocycles. The fourth-order valence-electron chi connectivity index (χ4n) is 5.36. The Bertz CT molecular complexity index is 1650. The maximum Gasteiger partial charge on any atom is 0.341 e. The molecule has 0 bridgehead atoms. The number of fused-ring (bicyclic) bond motifs is 3. The maximum absolute atomic E-state index is 12.6. The normalized spacial score (nSPS) is 11.2. The van der Waals surface area contributed by atoms with E-state index in [-0.39, 0.29) is 0 Å². The van der Waals surface area contributed by atoms with Crippen molar-refractivity contribution in [1.82, 2.24) is 4.57 Å². The summed E-state index contributed by atoms with van der Waals surface area (Å²) in [5.41, 5.74) is 12.4. The first-order valence-electron chi connectivity index (χ1n) is 13.3. The molecule has 1 amide bonds. The molecular weight excluding hydrogens is 488 g/mol. The van der Waals surface area contributed by atoms with Gasteiger partial charge in [0, 0.05) is 17.5 Å². The zero-order valence-electron chi connectivity index (χ0n) is 22.0. The van der Waals surface area contributed by atoms with E-state index in [0.717, 1.165) is 59.0 Å². The van der Waals surface area contributed by atoms with Gasteiger partial charge in [0.15, 0.2) is 6.61 Å². The minimum Gasteiger partial charge on any atom is -0.481 e. The molecule has 6 heteroatoms. The van der Waals surface area contributed by atoms with Crippen LogP contribution in [0.4, 0.5) is 0 Å². The van der Waals surface area contributed by atoms with Gasteiger partial charge in [-0.15, -0.1) is 0 Å². The van der Waals surface area contributed by atoms with Gasteiger partial charge in [0.25, 0.3) is 0 Å². The summed E-state index contributed by atoms with van der Waals surface area (Å²) in [7, 11) is 0. The van der Waals surface area contributed by atoms with Crippen LogP contribution in [0, 0.1) is 0 Å². The van der Waals surface area contributed by atoms with E-state index in [4.69, 9.17) is 10.5 Å². The third-order valence-corrected chi connectivity index (χ3v) is 7.13. The Hall–Kier alpha value is -4.58. The number of ether oxygens (including phenoxy) is 1. The molecule has 0 aliphatic rings. The predicted octanol–water partition coefficient (Wildman–Crippen LogP) is 6.80. The Balaban J connectivity index is 1.77. The molecule has 0 fully saturated rings. The minimum absolute atomic E-state index is 0.381. The highest BCUT2D eigenvalue weighted by Gasteiger charge is 2.22. The topological polar surface area (TPSA) is 94.6 Å². The zero-order chi connectivity index (χ0) is 27.4. The molecule has 198 valence electrons. The highest BCUT2D eigenvalue weighted by Crippen LogP contribution is 2.40. The Kier molecular flexibility index (Phi) is 7.64. The number of nitrogens with two attached hydrogens (primary N) is 1. The number of hydrogen-bond acceptors (Lipinski definition) is 3. The first-order valence-corrected chi connectivity index (χ1v) is 13.3. The number of aliphatic carboxylic acids is 1. The van der Waals surface area contributed by atoms with E-state index in [1.807, 2.05) is 48.5 Å². The molecule has 0 atom stereocenters. The number of amides is 1. The summed E-state index contributed by atoms with van der Waals surface area (Å²) >= 11 is 0. The van der Waals surface area contributed by atoms with Gasteiger partial charge in [-0.05, 0) is 59.4 Å². The summed E-state index contributed by atoms with van der Waals surface area (Å²) in [5.74, 6) is -1.15. The molecule has 0 spiro atoms. The number of benzene rings is 4. The SMILES string of the molecule is CCCCCc1cc(OCC(=O)O)c2c3c(C(N)=O)cccc3n(Cc3ccccc3-c3ccccc3)c2c1. The number of carboxylic acid groups (broad SMARTS) is 1. The lowest BCUT2D eigenvalue weighted by Crippen LogP contribution is -2.12. The molecule has 0 unspecified atom stereocenters. The molecule has 39 heavy (non-hydrogen) atoms. The molecule has 0 aliphatic carbocycles.